The van der Waals surface area contributed by atoms with Gasteiger partial charge in [0.1, 0.15) is 12.2 Å². The third kappa shape index (κ3) is 5.60. The summed E-state index contributed by atoms with van der Waals surface area (Å²) in [5.41, 5.74) is 0.809. The number of amides is 2. The number of carbonyl (C=O) groups is 3. The number of carboxylic acids is 1. The maximum atomic E-state index is 13.1. The summed E-state index contributed by atoms with van der Waals surface area (Å²) in [6, 6.07) is 16.2. The van der Waals surface area contributed by atoms with Crippen LogP contribution in [0.2, 0.25) is 0 Å². The maximum absolute atomic E-state index is 13.1. The summed E-state index contributed by atoms with van der Waals surface area (Å²) in [5, 5.41) is 13.1. The molecule has 0 bridgehead atoms. The quantitative estimate of drug-likeness (QED) is 0.473. The fourth-order valence-corrected chi connectivity index (χ4v) is 6.74. The first kappa shape index (κ1) is 28.5. The first-order chi connectivity index (χ1) is 18.1. The van der Waals surface area contributed by atoms with E-state index in [9.17, 15) is 19.5 Å². The Morgan fingerprint density at radius 1 is 0.923 bits per heavy atom. The van der Waals surface area contributed by atoms with E-state index >= 15 is 0 Å². The molecule has 0 spiro atoms. The molecular weight excluding hydrogens is 496 g/mol. The van der Waals surface area contributed by atoms with Crippen LogP contribution in [0.15, 0.2) is 48.5 Å². The molecule has 8 nitrogen and oxygen atoms in total. The Kier molecular flexibility index (Phi) is 7.21. The third-order valence-corrected chi connectivity index (χ3v) is 7.70. The highest BCUT2D eigenvalue weighted by Gasteiger charge is 2.58. The molecule has 0 radical (unpaired) electrons. The van der Waals surface area contributed by atoms with E-state index in [1.54, 1.807) is 25.7 Å². The highest BCUT2D eigenvalue weighted by Crippen LogP contribution is 2.49. The van der Waals surface area contributed by atoms with Gasteiger partial charge >= 0.3 is 18.2 Å². The molecule has 2 aromatic rings. The van der Waals surface area contributed by atoms with E-state index in [4.69, 9.17) is 9.47 Å². The van der Waals surface area contributed by atoms with E-state index in [-0.39, 0.29) is 31.9 Å². The Bertz CT molecular complexity index is 1210. The summed E-state index contributed by atoms with van der Waals surface area (Å²) in [5.74, 6) is -1.11. The highest BCUT2D eigenvalue weighted by atomic mass is 16.6. The van der Waals surface area contributed by atoms with Gasteiger partial charge in [-0.25, -0.2) is 9.59 Å². The van der Waals surface area contributed by atoms with Gasteiger partial charge in [-0.3, -0.25) is 9.69 Å². The van der Waals surface area contributed by atoms with E-state index in [0.717, 1.165) is 22.3 Å². The van der Waals surface area contributed by atoms with Crippen LogP contribution in [0.1, 0.15) is 78.4 Å². The van der Waals surface area contributed by atoms with Gasteiger partial charge in [0, 0.05) is 23.5 Å². The van der Waals surface area contributed by atoms with Crippen molar-refractivity contribution in [3.8, 4) is 11.1 Å². The zero-order valence-electron chi connectivity index (χ0n) is 24.0. The molecule has 8 heteroatoms. The topological polar surface area (TPSA) is 105 Å². The highest BCUT2D eigenvalue weighted by molar-refractivity contribution is 5.80. The molecular formula is C31H40N2O6. The van der Waals surface area contributed by atoms with Crippen LogP contribution in [0, 0.1) is 5.41 Å². The van der Waals surface area contributed by atoms with Crippen LogP contribution in [0.25, 0.3) is 11.1 Å². The molecule has 1 aliphatic carbocycles. The van der Waals surface area contributed by atoms with Gasteiger partial charge in [0.05, 0.1) is 5.41 Å². The normalized spacial score (nSPS) is 19.0. The number of benzene rings is 2. The summed E-state index contributed by atoms with van der Waals surface area (Å²) >= 11 is 0. The third-order valence-electron chi connectivity index (χ3n) is 7.70. The van der Waals surface area contributed by atoms with E-state index < -0.39 is 40.2 Å². The zero-order valence-corrected chi connectivity index (χ0v) is 24.0. The van der Waals surface area contributed by atoms with Gasteiger partial charge in [-0.2, -0.15) is 0 Å². The average molecular weight is 537 g/mol. The summed E-state index contributed by atoms with van der Waals surface area (Å²) < 4.78 is 11.3. The number of carbonyl (C=O) groups excluding carboxylic acids is 2. The fraction of sp³-hybridized carbons (Fsp3) is 0.516. The Morgan fingerprint density at radius 3 is 1.87 bits per heavy atom. The molecule has 2 aromatic carbocycles. The number of hydrogen-bond donors (Lipinski definition) is 2. The number of alkyl carbamates (subject to hydrolysis) is 1. The van der Waals surface area contributed by atoms with Crippen molar-refractivity contribution in [2.45, 2.75) is 83.9 Å². The van der Waals surface area contributed by atoms with Crippen molar-refractivity contribution in [2.24, 2.45) is 5.41 Å². The lowest BCUT2D eigenvalue weighted by atomic mass is 9.64. The minimum absolute atomic E-state index is 0.0912. The minimum atomic E-state index is -1.29. The molecule has 0 aromatic heterocycles. The number of aliphatic carboxylic acids is 1. The van der Waals surface area contributed by atoms with Gasteiger partial charge < -0.3 is 19.9 Å². The number of carboxylic acid groups (broad SMARTS) is 1. The first-order valence-electron chi connectivity index (χ1n) is 13.4. The molecule has 0 atom stereocenters. The van der Waals surface area contributed by atoms with Crippen LogP contribution < -0.4 is 5.32 Å². The fourth-order valence-electron chi connectivity index (χ4n) is 6.74. The maximum Gasteiger partial charge on any atom is 0.411 e. The molecule has 4 rings (SSSR count). The Morgan fingerprint density at radius 2 is 1.41 bits per heavy atom. The van der Waals surface area contributed by atoms with Crippen molar-refractivity contribution in [1.29, 1.82) is 0 Å². The second-order valence-electron chi connectivity index (χ2n) is 13.1. The number of ether oxygens (including phenoxy) is 2. The van der Waals surface area contributed by atoms with Crippen molar-refractivity contribution in [1.82, 2.24) is 10.2 Å². The van der Waals surface area contributed by atoms with E-state index in [2.05, 4.69) is 17.4 Å². The lowest BCUT2D eigenvalue weighted by Gasteiger charge is -2.57. The number of fused-ring (bicyclic) bond motifs is 3. The van der Waals surface area contributed by atoms with Crippen molar-refractivity contribution >= 4 is 18.2 Å². The van der Waals surface area contributed by atoms with Gasteiger partial charge in [0.15, 0.2) is 0 Å². The molecule has 39 heavy (non-hydrogen) atoms. The van der Waals surface area contributed by atoms with Crippen LogP contribution in [0.5, 0.6) is 0 Å². The Hall–Kier alpha value is -3.55. The number of rotatable bonds is 5. The van der Waals surface area contributed by atoms with Crippen molar-refractivity contribution in [2.75, 3.05) is 13.2 Å². The Labute approximate surface area is 230 Å². The molecule has 0 unspecified atom stereocenters. The van der Waals surface area contributed by atoms with E-state index in [0.29, 0.717) is 0 Å². The molecule has 2 amide bonds. The second kappa shape index (κ2) is 9.88. The Balaban J connectivity index is 1.46. The molecule has 0 saturated carbocycles. The second-order valence-corrected chi connectivity index (χ2v) is 13.1. The standard InChI is InChI=1S/C31H40N2O6/c1-28(2,3)39-27(37)33-29(4,5)17-31(25(34)35,18-30(33,6)7)19-32-26(36)38-16-24-22-14-10-8-12-20(22)21-13-9-11-15-23(21)24/h8-15,24H,16-19H2,1-7H3,(H,32,36)(H,34,35). The lowest BCUT2D eigenvalue weighted by Crippen LogP contribution is -2.68. The van der Waals surface area contributed by atoms with Crippen molar-refractivity contribution in [3.05, 3.63) is 59.7 Å². The predicted octanol–water partition coefficient (Wildman–Crippen LogP) is 6.18. The number of piperidine rings is 1. The van der Waals surface area contributed by atoms with Gasteiger partial charge in [-0.15, -0.1) is 0 Å². The van der Waals surface area contributed by atoms with Crippen molar-refractivity contribution in [3.63, 3.8) is 0 Å². The van der Waals surface area contributed by atoms with Crippen molar-refractivity contribution < 1.29 is 29.0 Å². The summed E-state index contributed by atoms with van der Waals surface area (Å²) in [7, 11) is 0. The van der Waals surface area contributed by atoms with Gasteiger partial charge in [-0.05, 0) is 83.6 Å². The van der Waals surface area contributed by atoms with Crippen LogP contribution in [0.3, 0.4) is 0 Å². The smallest absolute Gasteiger partial charge is 0.411 e. The van der Waals surface area contributed by atoms with Crippen LogP contribution in [0.4, 0.5) is 9.59 Å². The molecule has 1 fully saturated rings. The molecule has 1 heterocycles. The SMILES string of the molecule is CC(C)(C)OC(=O)N1C(C)(C)CC(CNC(=O)OCC2c3ccccc3-c3ccccc32)(C(=O)O)CC1(C)C. The molecule has 1 saturated heterocycles. The number of nitrogens with zero attached hydrogens (tertiary/aromatic N) is 1. The van der Waals surface area contributed by atoms with Crippen LogP contribution in [-0.4, -0.2) is 58.0 Å². The molecule has 2 N–H and O–H groups in total. The largest absolute Gasteiger partial charge is 0.481 e. The molecule has 1 aliphatic heterocycles. The lowest BCUT2D eigenvalue weighted by molar-refractivity contribution is -0.163. The number of nitrogens with one attached hydrogen (secondary N) is 1. The number of hydrogen-bond acceptors (Lipinski definition) is 5. The van der Waals surface area contributed by atoms with Gasteiger partial charge in [0.2, 0.25) is 0 Å². The predicted molar refractivity (Wildman–Crippen MR) is 149 cm³/mol. The van der Waals surface area contributed by atoms with Gasteiger partial charge in [-0.1, -0.05) is 48.5 Å². The number of likely N-dealkylation sites (tertiary alicyclic amines) is 1. The van der Waals surface area contributed by atoms with E-state index in [1.807, 2.05) is 64.1 Å². The summed E-state index contributed by atoms with van der Waals surface area (Å²) in [4.78, 5) is 40.3. The first-order valence-corrected chi connectivity index (χ1v) is 13.4. The minimum Gasteiger partial charge on any atom is -0.481 e. The molecule has 210 valence electrons. The zero-order chi connectivity index (χ0) is 28.8. The molecule has 2 aliphatic rings. The summed E-state index contributed by atoms with van der Waals surface area (Å²) in [6.07, 6.45) is -0.868. The van der Waals surface area contributed by atoms with Crippen LogP contribution in [-0.2, 0) is 14.3 Å². The average Bonchev–Trinajstić information content (AvgIpc) is 3.12. The van der Waals surface area contributed by atoms with E-state index in [1.165, 1.54) is 0 Å². The summed E-state index contributed by atoms with van der Waals surface area (Å²) in [6.45, 7) is 12.8. The van der Waals surface area contributed by atoms with Crippen LogP contribution >= 0.6 is 0 Å². The van der Waals surface area contributed by atoms with Gasteiger partial charge in [0.25, 0.3) is 0 Å². The monoisotopic (exact) mass is 536 g/mol.